The zero-order valence-electron chi connectivity index (χ0n) is 19.7. The summed E-state index contributed by atoms with van der Waals surface area (Å²) in [6, 6.07) is 14.4. The molecule has 0 radical (unpaired) electrons. The van der Waals surface area contributed by atoms with Crippen molar-refractivity contribution in [3.05, 3.63) is 89.2 Å². The fourth-order valence-electron chi connectivity index (χ4n) is 4.08. The Hall–Kier alpha value is -4.00. The number of allylic oxidation sites excluding steroid dienone is 1. The quantitative estimate of drug-likeness (QED) is 0.297. The molecule has 0 aliphatic heterocycles. The highest BCUT2D eigenvalue weighted by Crippen LogP contribution is 2.38. The van der Waals surface area contributed by atoms with Crippen molar-refractivity contribution in [2.75, 3.05) is 12.4 Å². The van der Waals surface area contributed by atoms with Gasteiger partial charge in [0.1, 0.15) is 11.3 Å². The molecule has 7 heteroatoms. The van der Waals surface area contributed by atoms with Gasteiger partial charge in [-0.15, -0.1) is 0 Å². The van der Waals surface area contributed by atoms with Gasteiger partial charge in [-0.2, -0.15) is 13.2 Å². The van der Waals surface area contributed by atoms with E-state index in [9.17, 15) is 18.0 Å². The van der Waals surface area contributed by atoms with Crippen LogP contribution in [0.5, 0.6) is 5.75 Å². The lowest BCUT2D eigenvalue weighted by atomic mass is 9.96. The van der Waals surface area contributed by atoms with E-state index < -0.39 is 17.6 Å². The summed E-state index contributed by atoms with van der Waals surface area (Å²) >= 11 is 0. The van der Waals surface area contributed by atoms with Crippen molar-refractivity contribution in [1.29, 1.82) is 0 Å². The Balaban J connectivity index is 1.69. The second kappa shape index (κ2) is 9.33. The Morgan fingerprint density at radius 1 is 1.03 bits per heavy atom. The maximum absolute atomic E-state index is 13.0. The average Bonchev–Trinajstić information content (AvgIpc) is 3.20. The number of methoxy groups -OCH3 is 1. The molecule has 4 rings (SSSR count). The molecule has 35 heavy (non-hydrogen) atoms. The van der Waals surface area contributed by atoms with Crippen LogP contribution in [0.2, 0.25) is 0 Å². The molecule has 0 saturated heterocycles. The number of halogens is 3. The lowest BCUT2D eigenvalue weighted by Crippen LogP contribution is -2.11. The van der Waals surface area contributed by atoms with Gasteiger partial charge in [0.05, 0.1) is 18.9 Å². The predicted octanol–water partition coefficient (Wildman–Crippen LogP) is 7.79. The summed E-state index contributed by atoms with van der Waals surface area (Å²) in [5, 5.41) is 3.36. The fourth-order valence-corrected chi connectivity index (χ4v) is 4.08. The number of anilines is 1. The molecule has 0 atom stereocenters. The molecular weight excluding hydrogens is 455 g/mol. The van der Waals surface area contributed by atoms with Crippen LogP contribution in [0.4, 0.5) is 18.9 Å². The average molecular weight is 479 g/mol. The Morgan fingerprint density at radius 3 is 2.49 bits per heavy atom. The van der Waals surface area contributed by atoms with E-state index >= 15 is 0 Å². The molecule has 180 valence electrons. The lowest BCUT2D eigenvalue weighted by Gasteiger charge is -2.11. The Kier molecular flexibility index (Phi) is 6.43. The van der Waals surface area contributed by atoms with E-state index in [-0.39, 0.29) is 5.69 Å². The highest BCUT2D eigenvalue weighted by molar-refractivity contribution is 6.05. The van der Waals surface area contributed by atoms with Crippen LogP contribution in [-0.4, -0.2) is 13.0 Å². The Labute approximate surface area is 201 Å². The molecule has 1 N–H and O–H groups in total. The van der Waals surface area contributed by atoms with E-state index in [1.54, 1.807) is 19.3 Å². The summed E-state index contributed by atoms with van der Waals surface area (Å²) in [6.07, 6.45) is -1.46. The topological polar surface area (TPSA) is 51.5 Å². The summed E-state index contributed by atoms with van der Waals surface area (Å²) in [4.78, 5) is 12.6. The molecule has 1 aromatic heterocycles. The monoisotopic (exact) mass is 479 g/mol. The number of hydrogen-bond acceptors (Lipinski definition) is 3. The molecule has 4 nitrogen and oxygen atoms in total. The van der Waals surface area contributed by atoms with Crippen LogP contribution < -0.4 is 10.1 Å². The van der Waals surface area contributed by atoms with Crippen LogP contribution in [0.3, 0.4) is 0 Å². The van der Waals surface area contributed by atoms with E-state index in [1.807, 2.05) is 32.0 Å². The van der Waals surface area contributed by atoms with Gasteiger partial charge in [0, 0.05) is 34.3 Å². The van der Waals surface area contributed by atoms with E-state index in [1.165, 1.54) is 25.3 Å². The van der Waals surface area contributed by atoms with Gasteiger partial charge in [-0.3, -0.25) is 4.79 Å². The summed E-state index contributed by atoms with van der Waals surface area (Å²) in [5.41, 5.74) is 5.35. The second-order valence-corrected chi connectivity index (χ2v) is 8.41. The number of ether oxygens (including phenoxy) is 1. The third-order valence-corrected chi connectivity index (χ3v) is 5.80. The number of alkyl halides is 3. The van der Waals surface area contributed by atoms with Crippen molar-refractivity contribution in [3.63, 3.8) is 0 Å². The Bertz CT molecular complexity index is 1450. The number of benzene rings is 3. The third-order valence-electron chi connectivity index (χ3n) is 5.80. The van der Waals surface area contributed by atoms with Crippen molar-refractivity contribution in [3.8, 4) is 16.9 Å². The first-order valence-electron chi connectivity index (χ1n) is 10.9. The van der Waals surface area contributed by atoms with E-state index in [0.717, 1.165) is 39.8 Å². The maximum atomic E-state index is 13.0. The molecule has 0 aliphatic carbocycles. The lowest BCUT2D eigenvalue weighted by molar-refractivity contribution is -0.137. The molecule has 3 aromatic carbocycles. The summed E-state index contributed by atoms with van der Waals surface area (Å²) in [6.45, 7) is 5.81. The second-order valence-electron chi connectivity index (χ2n) is 8.41. The molecule has 0 aliphatic rings. The van der Waals surface area contributed by atoms with E-state index in [0.29, 0.717) is 22.5 Å². The van der Waals surface area contributed by atoms with Crippen molar-refractivity contribution in [2.24, 2.45) is 0 Å². The predicted molar refractivity (Wildman–Crippen MR) is 131 cm³/mol. The van der Waals surface area contributed by atoms with Gasteiger partial charge < -0.3 is 14.5 Å². The van der Waals surface area contributed by atoms with Gasteiger partial charge >= 0.3 is 6.18 Å². The Morgan fingerprint density at radius 2 is 1.80 bits per heavy atom. The number of carbonyl (C=O) groups is 1. The number of amides is 1. The van der Waals surface area contributed by atoms with Gasteiger partial charge in [0.15, 0.2) is 0 Å². The van der Waals surface area contributed by atoms with Crippen molar-refractivity contribution >= 4 is 28.1 Å². The minimum atomic E-state index is -4.49. The highest BCUT2D eigenvalue weighted by atomic mass is 19.4. The number of rotatable bonds is 5. The van der Waals surface area contributed by atoms with Crippen LogP contribution >= 0.6 is 0 Å². The first-order valence-corrected chi connectivity index (χ1v) is 10.9. The molecule has 0 bridgehead atoms. The fraction of sp³-hybridized carbons (Fsp3) is 0.179. The molecule has 1 amide bonds. The molecule has 1 heterocycles. The standard InChI is InChI=1S/C28H24F3NO3/c1-16-8-9-21(17(2)10-16)24-15-35-26-14-25(34-4)22(13-23(24)26)18(3)11-27(33)32-20-7-5-6-19(12-20)28(29,30)31/h5-15H,1-4H3,(H,32,33)/b18-11+. The van der Waals surface area contributed by atoms with E-state index in [2.05, 4.69) is 11.4 Å². The summed E-state index contributed by atoms with van der Waals surface area (Å²) < 4.78 is 50.2. The third kappa shape index (κ3) is 5.09. The highest BCUT2D eigenvalue weighted by Gasteiger charge is 2.30. The number of hydrogen-bond donors (Lipinski definition) is 1. The molecule has 0 fully saturated rings. The zero-order valence-corrected chi connectivity index (χ0v) is 19.7. The van der Waals surface area contributed by atoms with Crippen molar-refractivity contribution in [2.45, 2.75) is 26.9 Å². The van der Waals surface area contributed by atoms with Gasteiger partial charge in [0.2, 0.25) is 5.91 Å². The van der Waals surface area contributed by atoms with Crippen LogP contribution in [0.1, 0.15) is 29.2 Å². The SMILES string of the molecule is COc1cc2occ(-c3ccc(C)cc3C)c2cc1/C(C)=C/C(=O)Nc1cccc(C(F)(F)F)c1. The molecular formula is C28H24F3NO3. The van der Waals surface area contributed by atoms with Crippen LogP contribution in [-0.2, 0) is 11.0 Å². The van der Waals surface area contributed by atoms with Crippen molar-refractivity contribution in [1.82, 2.24) is 0 Å². The zero-order chi connectivity index (χ0) is 25.3. The van der Waals surface area contributed by atoms with Gasteiger partial charge in [-0.05, 0) is 61.7 Å². The van der Waals surface area contributed by atoms with Gasteiger partial charge in [0.25, 0.3) is 0 Å². The smallest absolute Gasteiger partial charge is 0.416 e. The van der Waals surface area contributed by atoms with Crippen LogP contribution in [0.15, 0.2) is 71.4 Å². The largest absolute Gasteiger partial charge is 0.496 e. The number of fused-ring (bicyclic) bond motifs is 1. The van der Waals surface area contributed by atoms with Crippen molar-refractivity contribution < 1.29 is 27.1 Å². The minimum absolute atomic E-state index is 0.0586. The molecule has 0 unspecified atom stereocenters. The van der Waals surface area contributed by atoms with Crippen LogP contribution in [0, 0.1) is 13.8 Å². The minimum Gasteiger partial charge on any atom is -0.496 e. The number of aryl methyl sites for hydroxylation is 2. The molecule has 0 saturated carbocycles. The summed E-state index contributed by atoms with van der Waals surface area (Å²) in [5.74, 6) is -0.0367. The normalized spacial score (nSPS) is 12.1. The first kappa shape index (κ1) is 24.1. The first-order chi connectivity index (χ1) is 16.6. The number of furan rings is 1. The molecule has 0 spiro atoms. The van der Waals surface area contributed by atoms with Gasteiger partial charge in [-0.25, -0.2) is 0 Å². The van der Waals surface area contributed by atoms with E-state index in [4.69, 9.17) is 9.15 Å². The van der Waals surface area contributed by atoms with Crippen LogP contribution in [0.25, 0.3) is 27.7 Å². The number of nitrogens with one attached hydrogen (secondary N) is 1. The summed E-state index contributed by atoms with van der Waals surface area (Å²) in [7, 11) is 1.52. The van der Waals surface area contributed by atoms with Gasteiger partial charge in [-0.1, -0.05) is 29.8 Å². The maximum Gasteiger partial charge on any atom is 0.416 e. The molecule has 4 aromatic rings. The number of carbonyl (C=O) groups excluding carboxylic acids is 1.